The predicted molar refractivity (Wildman–Crippen MR) is 63.0 cm³/mol. The molecule has 0 saturated carbocycles. The molecule has 1 aromatic carbocycles. The normalized spacial score (nSPS) is 12.5. The van der Waals surface area contributed by atoms with Crippen molar-refractivity contribution in [2.45, 2.75) is 18.9 Å². The fourth-order valence-electron chi connectivity index (χ4n) is 1.74. The van der Waals surface area contributed by atoms with Gasteiger partial charge in [0.25, 0.3) is 0 Å². The maximum Gasteiger partial charge on any atom is 0.165 e. The smallest absolute Gasteiger partial charge is 0.165 e. The summed E-state index contributed by atoms with van der Waals surface area (Å²) in [7, 11) is 3.02. The van der Waals surface area contributed by atoms with Crippen LogP contribution in [0.4, 0.5) is 8.78 Å². The summed E-state index contributed by atoms with van der Waals surface area (Å²) in [5.74, 6) is -1.11. The largest absolute Gasteiger partial charge is 0.494 e. The van der Waals surface area contributed by atoms with Gasteiger partial charge in [0.05, 0.1) is 7.11 Å². The summed E-state index contributed by atoms with van der Waals surface area (Å²) in [4.78, 5) is 0. The van der Waals surface area contributed by atoms with Gasteiger partial charge in [0, 0.05) is 17.7 Å². The first-order valence-electron chi connectivity index (χ1n) is 5.54. The van der Waals surface area contributed by atoms with Crippen LogP contribution in [0, 0.1) is 11.6 Å². The molecule has 1 atom stereocenters. The number of nitrogens with two attached hydrogens (primary N) is 1. The average molecular weight is 244 g/mol. The lowest BCUT2D eigenvalue weighted by atomic mass is 10.0. The van der Waals surface area contributed by atoms with Crippen molar-refractivity contribution >= 4 is 0 Å². The highest BCUT2D eigenvalue weighted by Crippen LogP contribution is 2.27. The van der Waals surface area contributed by atoms with E-state index < -0.39 is 11.6 Å². The van der Waals surface area contributed by atoms with Crippen LogP contribution in [0.25, 0.3) is 0 Å². The Bertz CT molecular complexity index is 372. The Labute approximate surface area is 100.0 Å². The highest BCUT2D eigenvalue weighted by Gasteiger charge is 2.17. The Morgan fingerprint density at radius 1 is 1.35 bits per heavy atom. The molecule has 17 heavy (non-hydrogen) atoms. The second-order valence-electron chi connectivity index (χ2n) is 3.78. The minimum Gasteiger partial charge on any atom is -0.494 e. The molecule has 0 aliphatic heterocycles. The van der Waals surface area contributed by atoms with Crippen molar-refractivity contribution in [2.75, 3.05) is 20.7 Å². The van der Waals surface area contributed by atoms with Crippen LogP contribution >= 0.6 is 0 Å². The lowest BCUT2D eigenvalue weighted by molar-refractivity contribution is 0.379. The van der Waals surface area contributed by atoms with E-state index in [4.69, 9.17) is 10.5 Å². The minimum absolute atomic E-state index is 0.0834. The Hall–Kier alpha value is -1.20. The van der Waals surface area contributed by atoms with E-state index in [9.17, 15) is 8.78 Å². The van der Waals surface area contributed by atoms with E-state index in [1.165, 1.54) is 13.2 Å². The molecule has 0 bridgehead atoms. The molecule has 0 amide bonds. The van der Waals surface area contributed by atoms with Crippen molar-refractivity contribution in [2.24, 2.45) is 5.73 Å². The summed E-state index contributed by atoms with van der Waals surface area (Å²) in [6.07, 6.45) is 1.41. The molecule has 1 aromatic rings. The molecule has 0 aliphatic carbocycles. The van der Waals surface area contributed by atoms with E-state index >= 15 is 0 Å². The molecular weight excluding hydrogens is 226 g/mol. The van der Waals surface area contributed by atoms with E-state index in [0.29, 0.717) is 18.5 Å². The second-order valence-corrected chi connectivity index (χ2v) is 3.78. The number of hydrogen-bond donors (Lipinski definition) is 2. The predicted octanol–water partition coefficient (Wildman–Crippen LogP) is 1.97. The first-order valence-corrected chi connectivity index (χ1v) is 5.54. The van der Waals surface area contributed by atoms with Gasteiger partial charge in [-0.3, -0.25) is 0 Å². The monoisotopic (exact) mass is 244 g/mol. The Morgan fingerprint density at radius 2 is 2.06 bits per heavy atom. The minimum atomic E-state index is -0.558. The van der Waals surface area contributed by atoms with Crippen molar-refractivity contribution in [3.8, 4) is 5.75 Å². The van der Waals surface area contributed by atoms with Crippen LogP contribution in [0.2, 0.25) is 0 Å². The van der Waals surface area contributed by atoms with Crippen molar-refractivity contribution in [1.29, 1.82) is 0 Å². The fraction of sp³-hybridized carbons (Fsp3) is 0.500. The van der Waals surface area contributed by atoms with Crippen molar-refractivity contribution < 1.29 is 13.5 Å². The standard InChI is InChI=1S/C12H18F2N2O/c1-16-11(4-3-5-15)8-6-10(14)12(17-2)7-9(8)13/h6-7,11,16H,3-5,15H2,1-2H3. The first kappa shape index (κ1) is 13.9. The summed E-state index contributed by atoms with van der Waals surface area (Å²) in [5, 5.41) is 2.96. The van der Waals surface area contributed by atoms with Gasteiger partial charge in [-0.05, 0) is 32.5 Å². The molecule has 0 heterocycles. The number of benzene rings is 1. The number of halogens is 2. The van der Waals surface area contributed by atoms with Gasteiger partial charge in [0.2, 0.25) is 0 Å². The molecule has 0 fully saturated rings. The fourth-order valence-corrected chi connectivity index (χ4v) is 1.74. The molecular formula is C12H18F2N2O. The van der Waals surface area contributed by atoms with Crippen LogP contribution in [0.15, 0.2) is 12.1 Å². The van der Waals surface area contributed by atoms with Crippen LogP contribution in [0.5, 0.6) is 5.75 Å². The molecule has 0 aromatic heterocycles. The summed E-state index contributed by atoms with van der Waals surface area (Å²) in [6, 6.07) is 2.00. The zero-order chi connectivity index (χ0) is 12.8. The Balaban J connectivity index is 2.99. The molecule has 0 saturated heterocycles. The summed E-state index contributed by atoms with van der Waals surface area (Å²) < 4.78 is 32.0. The van der Waals surface area contributed by atoms with Crippen LogP contribution in [0.3, 0.4) is 0 Å². The van der Waals surface area contributed by atoms with E-state index in [-0.39, 0.29) is 11.8 Å². The van der Waals surface area contributed by atoms with Crippen molar-refractivity contribution in [3.63, 3.8) is 0 Å². The number of rotatable bonds is 6. The van der Waals surface area contributed by atoms with Crippen LogP contribution in [0.1, 0.15) is 24.4 Å². The average Bonchev–Trinajstić information content (AvgIpc) is 2.33. The van der Waals surface area contributed by atoms with Crippen molar-refractivity contribution in [3.05, 3.63) is 29.3 Å². The molecule has 0 radical (unpaired) electrons. The van der Waals surface area contributed by atoms with Gasteiger partial charge in [-0.1, -0.05) is 0 Å². The zero-order valence-electron chi connectivity index (χ0n) is 10.1. The maximum atomic E-state index is 13.8. The van der Waals surface area contributed by atoms with Gasteiger partial charge in [0.1, 0.15) is 5.82 Å². The number of hydrogen-bond acceptors (Lipinski definition) is 3. The third-order valence-corrected chi connectivity index (χ3v) is 2.69. The molecule has 3 nitrogen and oxygen atoms in total. The lowest BCUT2D eigenvalue weighted by Gasteiger charge is -2.17. The van der Waals surface area contributed by atoms with Crippen molar-refractivity contribution in [1.82, 2.24) is 5.32 Å². The number of ether oxygens (including phenoxy) is 1. The van der Waals surface area contributed by atoms with Gasteiger partial charge in [-0.2, -0.15) is 0 Å². The number of methoxy groups -OCH3 is 1. The molecule has 0 spiro atoms. The summed E-state index contributed by atoms with van der Waals surface area (Å²) >= 11 is 0. The van der Waals surface area contributed by atoms with E-state index in [1.807, 2.05) is 0 Å². The van der Waals surface area contributed by atoms with E-state index in [2.05, 4.69) is 5.32 Å². The first-order chi connectivity index (χ1) is 8.13. The molecule has 1 unspecified atom stereocenters. The third kappa shape index (κ3) is 3.38. The summed E-state index contributed by atoms with van der Waals surface area (Å²) in [6.45, 7) is 0.526. The molecule has 3 N–H and O–H groups in total. The highest BCUT2D eigenvalue weighted by atomic mass is 19.1. The molecule has 1 rings (SSSR count). The molecule has 96 valence electrons. The van der Waals surface area contributed by atoms with Gasteiger partial charge >= 0.3 is 0 Å². The lowest BCUT2D eigenvalue weighted by Crippen LogP contribution is -2.19. The highest BCUT2D eigenvalue weighted by molar-refractivity contribution is 5.32. The van der Waals surface area contributed by atoms with Gasteiger partial charge in [0.15, 0.2) is 11.6 Å². The SMILES string of the molecule is CNC(CCCN)c1cc(F)c(OC)cc1F. The molecule has 0 aliphatic rings. The van der Waals surface area contributed by atoms with Gasteiger partial charge in [-0.15, -0.1) is 0 Å². The second kappa shape index (κ2) is 6.51. The topological polar surface area (TPSA) is 47.3 Å². The molecule has 5 heteroatoms. The summed E-state index contributed by atoms with van der Waals surface area (Å²) in [5.41, 5.74) is 5.71. The van der Waals surface area contributed by atoms with E-state index in [1.54, 1.807) is 7.05 Å². The van der Waals surface area contributed by atoms with Crippen LogP contribution in [-0.2, 0) is 0 Å². The zero-order valence-corrected chi connectivity index (χ0v) is 10.1. The number of nitrogens with one attached hydrogen (secondary N) is 1. The Kier molecular flexibility index (Phi) is 5.31. The maximum absolute atomic E-state index is 13.8. The van der Waals surface area contributed by atoms with E-state index in [0.717, 1.165) is 12.5 Å². The Morgan fingerprint density at radius 3 is 2.59 bits per heavy atom. The van der Waals surface area contributed by atoms with Gasteiger partial charge in [-0.25, -0.2) is 8.78 Å². The van der Waals surface area contributed by atoms with Gasteiger partial charge < -0.3 is 15.8 Å². The quantitative estimate of drug-likeness (QED) is 0.804. The third-order valence-electron chi connectivity index (χ3n) is 2.69. The van der Waals surface area contributed by atoms with Crippen LogP contribution < -0.4 is 15.8 Å². The van der Waals surface area contributed by atoms with Crippen LogP contribution in [-0.4, -0.2) is 20.7 Å².